The molecule has 2 aromatic rings. The van der Waals surface area contributed by atoms with Crippen molar-refractivity contribution in [3.63, 3.8) is 0 Å². The van der Waals surface area contributed by atoms with E-state index in [-0.39, 0.29) is 17.2 Å². The molecule has 0 saturated heterocycles. The fraction of sp³-hybridized carbons (Fsp3) is 0.261. The van der Waals surface area contributed by atoms with E-state index in [9.17, 15) is 14.7 Å². The van der Waals surface area contributed by atoms with Crippen molar-refractivity contribution in [3.05, 3.63) is 70.8 Å². The molecule has 0 aromatic heterocycles. The second-order valence-corrected chi connectivity index (χ2v) is 7.54. The first-order valence-corrected chi connectivity index (χ1v) is 10.0. The fourth-order valence-electron chi connectivity index (χ4n) is 2.87. The second kappa shape index (κ2) is 11.2. The molecular formula is C23H26ClN3O4. The summed E-state index contributed by atoms with van der Waals surface area (Å²) in [6.45, 7) is 7.29. The first-order valence-electron chi connectivity index (χ1n) is 9.67. The summed E-state index contributed by atoms with van der Waals surface area (Å²) in [5, 5.41) is 17.1. The van der Waals surface area contributed by atoms with Crippen LogP contribution in [0.5, 0.6) is 11.5 Å². The quantitative estimate of drug-likeness (QED) is 0.312. The summed E-state index contributed by atoms with van der Waals surface area (Å²) in [5.74, 6) is -0.774. The van der Waals surface area contributed by atoms with Crippen LogP contribution in [0.15, 0.2) is 54.2 Å². The molecule has 164 valence electrons. The lowest BCUT2D eigenvalue weighted by Crippen LogP contribution is -2.48. The highest BCUT2D eigenvalue weighted by molar-refractivity contribution is 6.33. The van der Waals surface area contributed by atoms with Crippen molar-refractivity contribution in [2.24, 2.45) is 11.0 Å². The predicted molar refractivity (Wildman–Crippen MR) is 122 cm³/mol. The Bertz CT molecular complexity index is 989. The Balaban J connectivity index is 2.12. The molecular weight excluding hydrogens is 418 g/mol. The normalized spacial score (nSPS) is 11.9. The fourth-order valence-corrected chi connectivity index (χ4v) is 3.09. The van der Waals surface area contributed by atoms with Gasteiger partial charge >= 0.3 is 0 Å². The van der Waals surface area contributed by atoms with Crippen LogP contribution in [0.4, 0.5) is 0 Å². The maximum Gasteiger partial charge on any atom is 0.262 e. The molecule has 0 saturated carbocycles. The Kier molecular flexibility index (Phi) is 8.63. The number of hydrogen-bond acceptors (Lipinski definition) is 5. The van der Waals surface area contributed by atoms with Crippen molar-refractivity contribution in [2.75, 3.05) is 7.11 Å². The molecule has 1 unspecified atom stereocenters. The molecule has 0 aliphatic rings. The highest BCUT2D eigenvalue weighted by Gasteiger charge is 2.25. The summed E-state index contributed by atoms with van der Waals surface area (Å²) in [6.07, 6.45) is 3.53. The molecule has 8 heteroatoms. The lowest BCUT2D eigenvalue weighted by molar-refractivity contribution is -0.123. The molecule has 0 fully saturated rings. The number of halogens is 1. The van der Waals surface area contributed by atoms with Gasteiger partial charge in [0, 0.05) is 5.56 Å². The van der Waals surface area contributed by atoms with Crippen molar-refractivity contribution in [1.82, 2.24) is 10.7 Å². The molecule has 0 aliphatic heterocycles. The first kappa shape index (κ1) is 24.0. The molecule has 0 radical (unpaired) electrons. The van der Waals surface area contributed by atoms with Gasteiger partial charge in [0.2, 0.25) is 0 Å². The van der Waals surface area contributed by atoms with Gasteiger partial charge in [-0.15, -0.1) is 6.58 Å². The first-order chi connectivity index (χ1) is 14.8. The van der Waals surface area contributed by atoms with Crippen molar-refractivity contribution >= 4 is 29.6 Å². The molecule has 0 bridgehead atoms. The number of benzene rings is 2. The number of allylic oxidation sites excluding steroid dienone is 1. The molecule has 2 aromatic carbocycles. The number of aromatic hydroxyl groups is 1. The van der Waals surface area contributed by atoms with E-state index in [2.05, 4.69) is 22.4 Å². The third-order valence-electron chi connectivity index (χ3n) is 4.50. The Hall–Kier alpha value is -3.32. The Labute approximate surface area is 186 Å². The molecule has 2 rings (SSSR count). The third kappa shape index (κ3) is 6.33. The summed E-state index contributed by atoms with van der Waals surface area (Å²) in [5.41, 5.74) is 3.97. The second-order valence-electron chi connectivity index (χ2n) is 7.13. The van der Waals surface area contributed by atoms with E-state index in [0.717, 1.165) is 0 Å². The number of phenolic OH excluding ortho intramolecular Hbond substituents is 1. The van der Waals surface area contributed by atoms with Gasteiger partial charge in [-0.3, -0.25) is 9.59 Å². The number of hydrazone groups is 1. The molecule has 1 atom stereocenters. The van der Waals surface area contributed by atoms with Crippen LogP contribution in [0.2, 0.25) is 5.02 Å². The zero-order valence-corrected chi connectivity index (χ0v) is 18.4. The van der Waals surface area contributed by atoms with Gasteiger partial charge in [-0.05, 0) is 42.2 Å². The largest absolute Gasteiger partial charge is 0.504 e. The smallest absolute Gasteiger partial charge is 0.262 e. The van der Waals surface area contributed by atoms with E-state index in [4.69, 9.17) is 16.3 Å². The van der Waals surface area contributed by atoms with E-state index in [1.807, 2.05) is 13.8 Å². The van der Waals surface area contributed by atoms with Crippen molar-refractivity contribution < 1.29 is 19.4 Å². The minimum Gasteiger partial charge on any atom is -0.504 e. The van der Waals surface area contributed by atoms with Gasteiger partial charge in [0.1, 0.15) is 6.04 Å². The van der Waals surface area contributed by atoms with Crippen LogP contribution in [0.25, 0.3) is 0 Å². The molecule has 3 N–H and O–H groups in total. The minimum atomic E-state index is -0.813. The van der Waals surface area contributed by atoms with Crippen LogP contribution >= 0.6 is 11.6 Å². The number of hydrogen-bond donors (Lipinski definition) is 3. The topological polar surface area (TPSA) is 100 Å². The molecule has 2 amide bonds. The Morgan fingerprint density at radius 1 is 1.29 bits per heavy atom. The summed E-state index contributed by atoms with van der Waals surface area (Å²) >= 11 is 6.07. The highest BCUT2D eigenvalue weighted by Crippen LogP contribution is 2.31. The summed E-state index contributed by atoms with van der Waals surface area (Å²) < 4.78 is 5.17. The number of carbonyl (C=O) groups is 2. The number of amides is 2. The van der Waals surface area contributed by atoms with E-state index >= 15 is 0 Å². The van der Waals surface area contributed by atoms with E-state index in [1.54, 1.807) is 42.5 Å². The van der Waals surface area contributed by atoms with E-state index in [0.29, 0.717) is 28.3 Å². The molecule has 0 spiro atoms. The summed E-state index contributed by atoms with van der Waals surface area (Å²) in [6, 6.07) is 9.11. The molecule has 0 heterocycles. The van der Waals surface area contributed by atoms with Crippen LogP contribution in [-0.2, 0) is 11.2 Å². The van der Waals surface area contributed by atoms with E-state index in [1.165, 1.54) is 13.3 Å². The van der Waals surface area contributed by atoms with Crippen molar-refractivity contribution in [2.45, 2.75) is 26.3 Å². The monoisotopic (exact) mass is 443 g/mol. The van der Waals surface area contributed by atoms with E-state index < -0.39 is 17.9 Å². The predicted octanol–water partition coefficient (Wildman–Crippen LogP) is 3.69. The average molecular weight is 444 g/mol. The number of nitrogens with zero attached hydrogens (tertiary/aromatic N) is 1. The Morgan fingerprint density at radius 3 is 2.61 bits per heavy atom. The lowest BCUT2D eigenvalue weighted by Gasteiger charge is -2.20. The standard InChI is InChI=1S/C23H26ClN3O4/c1-5-8-16-11-15(12-19(31-4)21(16)28)13-25-27-23(30)20(14(2)3)26-22(29)17-9-6-7-10-18(17)24/h5-7,9-14,20,28H,1,8H2,2-4H3,(H,26,29)(H,27,30)/b25-13+. The number of rotatable bonds is 9. The van der Waals surface area contributed by atoms with Crippen LogP contribution in [0, 0.1) is 5.92 Å². The van der Waals surface area contributed by atoms with Gasteiger partial charge in [0.15, 0.2) is 11.5 Å². The zero-order chi connectivity index (χ0) is 23.0. The van der Waals surface area contributed by atoms with Crippen LogP contribution in [0.3, 0.4) is 0 Å². The van der Waals surface area contributed by atoms with Gasteiger partial charge in [0.05, 0.1) is 23.9 Å². The van der Waals surface area contributed by atoms with Crippen LogP contribution in [0.1, 0.15) is 35.3 Å². The van der Waals surface area contributed by atoms with Gasteiger partial charge in [-0.25, -0.2) is 5.43 Å². The SMILES string of the molecule is C=CCc1cc(/C=N/NC(=O)C(NC(=O)c2ccccc2Cl)C(C)C)cc(OC)c1O. The minimum absolute atomic E-state index is 0.0331. The zero-order valence-electron chi connectivity index (χ0n) is 17.7. The van der Waals surface area contributed by atoms with Crippen molar-refractivity contribution in [1.29, 1.82) is 0 Å². The Morgan fingerprint density at radius 2 is 2.00 bits per heavy atom. The third-order valence-corrected chi connectivity index (χ3v) is 4.83. The molecule has 7 nitrogen and oxygen atoms in total. The maximum absolute atomic E-state index is 12.6. The average Bonchev–Trinajstić information content (AvgIpc) is 2.74. The maximum atomic E-state index is 12.6. The lowest BCUT2D eigenvalue weighted by atomic mass is 10.0. The van der Waals surface area contributed by atoms with Gasteiger partial charge in [-0.2, -0.15) is 5.10 Å². The van der Waals surface area contributed by atoms with Gasteiger partial charge in [0.25, 0.3) is 11.8 Å². The van der Waals surface area contributed by atoms with Crippen molar-refractivity contribution in [3.8, 4) is 11.5 Å². The highest BCUT2D eigenvalue weighted by atomic mass is 35.5. The van der Waals surface area contributed by atoms with Crippen LogP contribution in [-0.4, -0.2) is 36.3 Å². The molecule has 0 aliphatic carbocycles. The number of nitrogens with one attached hydrogen (secondary N) is 2. The summed E-state index contributed by atoms with van der Waals surface area (Å²) in [4.78, 5) is 25.1. The van der Waals surface area contributed by atoms with Crippen LogP contribution < -0.4 is 15.5 Å². The number of phenols is 1. The number of methoxy groups -OCH3 is 1. The summed E-state index contributed by atoms with van der Waals surface area (Å²) in [7, 11) is 1.45. The van der Waals surface area contributed by atoms with Gasteiger partial charge in [-0.1, -0.05) is 43.7 Å². The number of carbonyl (C=O) groups excluding carboxylic acids is 2. The molecule has 31 heavy (non-hydrogen) atoms. The van der Waals surface area contributed by atoms with Gasteiger partial charge < -0.3 is 15.2 Å². The number of ether oxygens (including phenoxy) is 1.